The fraction of sp³-hybridized carbons (Fsp3) is 0.207. The van der Waals surface area contributed by atoms with Crippen LogP contribution in [0.1, 0.15) is 29.5 Å². The van der Waals surface area contributed by atoms with E-state index in [1.165, 1.54) is 4.68 Å². The Kier molecular flexibility index (Phi) is 6.17. The number of carbonyl (C=O) groups is 2. The molecular weight excluding hydrogens is 470 g/mol. The molecule has 1 heterocycles. The van der Waals surface area contributed by atoms with Gasteiger partial charge in [-0.2, -0.15) is 0 Å². The summed E-state index contributed by atoms with van der Waals surface area (Å²) >= 11 is 0. The van der Waals surface area contributed by atoms with Crippen molar-refractivity contribution in [2.45, 2.75) is 31.8 Å². The van der Waals surface area contributed by atoms with Gasteiger partial charge in [0.05, 0.1) is 11.0 Å². The first kappa shape index (κ1) is 24.1. The van der Waals surface area contributed by atoms with Crippen molar-refractivity contribution in [2.24, 2.45) is 7.05 Å². The molecule has 0 saturated heterocycles. The molecule has 188 valence electrons. The van der Waals surface area contributed by atoms with Gasteiger partial charge in [0, 0.05) is 7.05 Å². The quantitative estimate of drug-likeness (QED) is 0.324. The SMILES string of the molecule is Cc1ccccc1COC(=O)Nc1c(-c2ccc(-c3ccc(C4(C(=O)O)CC4)cc3)cc2)c(=O)[nH]n1C. The van der Waals surface area contributed by atoms with Crippen LogP contribution in [0.25, 0.3) is 22.3 Å². The summed E-state index contributed by atoms with van der Waals surface area (Å²) in [4.78, 5) is 36.8. The van der Waals surface area contributed by atoms with E-state index in [1.54, 1.807) is 7.05 Å². The van der Waals surface area contributed by atoms with Crippen molar-refractivity contribution in [2.75, 3.05) is 5.32 Å². The number of H-pyrrole nitrogens is 1. The van der Waals surface area contributed by atoms with E-state index >= 15 is 0 Å². The Balaban J connectivity index is 1.33. The lowest BCUT2D eigenvalue weighted by molar-refractivity contribution is -0.140. The molecule has 1 aliphatic carbocycles. The number of benzene rings is 3. The van der Waals surface area contributed by atoms with Gasteiger partial charge in [-0.25, -0.2) is 4.79 Å². The maximum Gasteiger partial charge on any atom is 0.413 e. The van der Waals surface area contributed by atoms with E-state index < -0.39 is 17.5 Å². The van der Waals surface area contributed by atoms with Crippen LogP contribution in [0, 0.1) is 6.92 Å². The summed E-state index contributed by atoms with van der Waals surface area (Å²) in [5.74, 6) is -0.471. The van der Waals surface area contributed by atoms with Crippen molar-refractivity contribution in [3.05, 3.63) is 99.8 Å². The number of carboxylic acids is 1. The molecule has 1 aromatic heterocycles. The van der Waals surface area contributed by atoms with Crippen LogP contribution in [-0.2, 0) is 28.6 Å². The number of anilines is 1. The summed E-state index contributed by atoms with van der Waals surface area (Å²) in [5.41, 5.74) is 4.51. The molecule has 1 amide bonds. The van der Waals surface area contributed by atoms with Gasteiger partial charge in [0.2, 0.25) is 0 Å². The van der Waals surface area contributed by atoms with Gasteiger partial charge in [-0.15, -0.1) is 0 Å². The summed E-state index contributed by atoms with van der Waals surface area (Å²) in [7, 11) is 1.64. The number of carbonyl (C=O) groups excluding carboxylic acids is 1. The Bertz CT molecular complexity index is 1530. The van der Waals surface area contributed by atoms with Crippen molar-refractivity contribution in [1.82, 2.24) is 9.78 Å². The molecule has 37 heavy (non-hydrogen) atoms. The van der Waals surface area contributed by atoms with E-state index in [1.807, 2.05) is 79.7 Å². The molecule has 1 fully saturated rings. The second-order valence-electron chi connectivity index (χ2n) is 9.39. The zero-order valence-corrected chi connectivity index (χ0v) is 20.6. The Morgan fingerprint density at radius 2 is 1.57 bits per heavy atom. The van der Waals surface area contributed by atoms with Crippen LogP contribution >= 0.6 is 0 Å². The highest BCUT2D eigenvalue weighted by molar-refractivity contribution is 5.90. The zero-order valence-electron chi connectivity index (χ0n) is 20.6. The number of rotatable bonds is 7. The van der Waals surface area contributed by atoms with Crippen LogP contribution in [0.2, 0.25) is 0 Å². The molecule has 0 spiro atoms. The number of aliphatic carboxylic acids is 1. The summed E-state index contributed by atoms with van der Waals surface area (Å²) < 4.78 is 6.84. The highest BCUT2D eigenvalue weighted by Gasteiger charge is 2.51. The third-order valence-electron chi connectivity index (χ3n) is 7.01. The largest absolute Gasteiger partial charge is 0.481 e. The normalized spacial score (nSPS) is 13.7. The molecule has 3 aromatic carbocycles. The number of aryl methyl sites for hydroxylation is 2. The van der Waals surface area contributed by atoms with Crippen molar-refractivity contribution in [1.29, 1.82) is 0 Å². The average Bonchev–Trinajstić information content (AvgIpc) is 3.66. The maximum absolute atomic E-state index is 12.7. The van der Waals surface area contributed by atoms with Gasteiger partial charge in [-0.05, 0) is 53.1 Å². The van der Waals surface area contributed by atoms with Gasteiger partial charge >= 0.3 is 12.1 Å². The summed E-state index contributed by atoms with van der Waals surface area (Å²) in [6, 6.07) is 22.6. The third-order valence-corrected chi connectivity index (χ3v) is 7.01. The summed E-state index contributed by atoms with van der Waals surface area (Å²) in [6.07, 6.45) is 0.668. The number of carboxylic acid groups (broad SMARTS) is 1. The molecule has 3 N–H and O–H groups in total. The van der Waals surface area contributed by atoms with E-state index in [2.05, 4.69) is 10.4 Å². The first-order chi connectivity index (χ1) is 17.8. The standard InChI is InChI=1S/C29H27N3O5/c1-18-5-3-4-6-22(18)17-37-28(36)30-25-24(26(33)31-32(25)2)21-9-7-19(8-10-21)20-11-13-23(14-12-20)29(15-16-29)27(34)35/h3-14H,15-17H2,1-2H3,(H,30,36)(H,31,33)(H,34,35). The molecule has 1 saturated carbocycles. The van der Waals surface area contributed by atoms with Gasteiger partial charge in [0.1, 0.15) is 12.4 Å². The van der Waals surface area contributed by atoms with Gasteiger partial charge < -0.3 is 9.84 Å². The molecule has 4 aromatic rings. The van der Waals surface area contributed by atoms with Crippen LogP contribution in [-0.4, -0.2) is 26.9 Å². The van der Waals surface area contributed by atoms with E-state index in [4.69, 9.17) is 4.74 Å². The number of aromatic amines is 1. The topological polar surface area (TPSA) is 113 Å². The highest BCUT2D eigenvalue weighted by atomic mass is 16.5. The van der Waals surface area contributed by atoms with Crippen molar-refractivity contribution in [3.63, 3.8) is 0 Å². The first-order valence-electron chi connectivity index (χ1n) is 12.0. The molecule has 0 unspecified atom stereocenters. The molecule has 0 atom stereocenters. The molecule has 1 aliphatic rings. The third kappa shape index (κ3) is 4.65. The van der Waals surface area contributed by atoms with Crippen LogP contribution in [0.15, 0.2) is 77.6 Å². The monoisotopic (exact) mass is 497 g/mol. The Labute approximate surface area is 213 Å². The van der Waals surface area contributed by atoms with E-state index in [0.29, 0.717) is 29.8 Å². The average molecular weight is 498 g/mol. The van der Waals surface area contributed by atoms with Crippen molar-refractivity contribution < 1.29 is 19.4 Å². The van der Waals surface area contributed by atoms with Gasteiger partial charge in [-0.3, -0.25) is 24.7 Å². The lowest BCUT2D eigenvalue weighted by atomic mass is 9.93. The Morgan fingerprint density at radius 3 is 2.16 bits per heavy atom. The number of hydrogen-bond donors (Lipinski definition) is 3. The molecule has 5 rings (SSSR count). The fourth-order valence-electron chi connectivity index (χ4n) is 4.56. The van der Waals surface area contributed by atoms with Crippen LogP contribution < -0.4 is 10.9 Å². The van der Waals surface area contributed by atoms with Gasteiger partial charge in [0.25, 0.3) is 5.56 Å². The first-order valence-corrected chi connectivity index (χ1v) is 12.0. The number of ether oxygens (including phenoxy) is 1. The predicted octanol–water partition coefficient (Wildman–Crippen LogP) is 5.22. The Hall–Kier alpha value is -4.59. The minimum absolute atomic E-state index is 0.118. The Morgan fingerprint density at radius 1 is 0.973 bits per heavy atom. The fourth-order valence-corrected chi connectivity index (χ4v) is 4.56. The smallest absolute Gasteiger partial charge is 0.413 e. The van der Waals surface area contributed by atoms with Crippen LogP contribution in [0.4, 0.5) is 10.6 Å². The molecule has 0 bridgehead atoms. The lowest BCUT2D eigenvalue weighted by Gasteiger charge is -2.12. The van der Waals surface area contributed by atoms with E-state index in [-0.39, 0.29) is 12.2 Å². The molecule has 8 heteroatoms. The number of nitrogens with one attached hydrogen (secondary N) is 2. The lowest BCUT2D eigenvalue weighted by Crippen LogP contribution is -2.19. The number of amides is 1. The highest BCUT2D eigenvalue weighted by Crippen LogP contribution is 2.48. The zero-order chi connectivity index (χ0) is 26.2. The van der Waals surface area contributed by atoms with Crippen LogP contribution in [0.3, 0.4) is 0 Å². The number of nitrogens with zero attached hydrogens (tertiary/aromatic N) is 1. The predicted molar refractivity (Wildman–Crippen MR) is 140 cm³/mol. The molecule has 8 nitrogen and oxygen atoms in total. The number of aromatic nitrogens is 2. The summed E-state index contributed by atoms with van der Waals surface area (Å²) in [5, 5.41) is 14.9. The molecular formula is C29H27N3O5. The van der Waals surface area contributed by atoms with E-state index in [9.17, 15) is 19.5 Å². The van der Waals surface area contributed by atoms with E-state index in [0.717, 1.165) is 27.8 Å². The second-order valence-corrected chi connectivity index (χ2v) is 9.39. The minimum atomic E-state index is -0.777. The maximum atomic E-state index is 12.7. The second kappa shape index (κ2) is 9.46. The molecule has 0 aliphatic heterocycles. The van der Waals surface area contributed by atoms with Gasteiger partial charge in [-0.1, -0.05) is 72.8 Å². The molecule has 0 radical (unpaired) electrons. The van der Waals surface area contributed by atoms with Crippen molar-refractivity contribution >= 4 is 17.9 Å². The summed E-state index contributed by atoms with van der Waals surface area (Å²) in [6.45, 7) is 2.06. The van der Waals surface area contributed by atoms with Gasteiger partial charge in [0.15, 0.2) is 0 Å². The van der Waals surface area contributed by atoms with Crippen molar-refractivity contribution in [3.8, 4) is 22.3 Å². The number of hydrogen-bond acceptors (Lipinski definition) is 4. The minimum Gasteiger partial charge on any atom is -0.481 e. The van der Waals surface area contributed by atoms with Crippen LogP contribution in [0.5, 0.6) is 0 Å².